The Kier molecular flexibility index (Phi) is 5.93. The van der Waals surface area contributed by atoms with Crippen molar-refractivity contribution >= 4 is 21.6 Å². The summed E-state index contributed by atoms with van der Waals surface area (Å²) in [5.74, 6) is -0.0947. The summed E-state index contributed by atoms with van der Waals surface area (Å²) in [6.45, 7) is 3.55. The minimum Gasteiger partial charge on any atom is -0.379 e. The molecule has 1 N–H and O–H groups in total. The fraction of sp³-hybridized carbons (Fsp3) is 0.533. The molecule has 0 aromatic heterocycles. The third kappa shape index (κ3) is 4.28. The molecule has 1 heterocycles. The van der Waals surface area contributed by atoms with Crippen LogP contribution in [-0.2, 0) is 19.6 Å². The van der Waals surface area contributed by atoms with E-state index in [2.05, 4.69) is 5.32 Å². The summed E-state index contributed by atoms with van der Waals surface area (Å²) in [5.41, 5.74) is 0.510. The Hall–Kier alpha value is -1.44. The first-order chi connectivity index (χ1) is 10.5. The lowest BCUT2D eigenvalue weighted by Gasteiger charge is -2.26. The SMILES string of the molecule is CCCCC(=O)Nc1cccc(S(=O)(=O)N2CCOCC2)c1. The number of ether oxygens (including phenoxy) is 1. The predicted molar refractivity (Wildman–Crippen MR) is 84.2 cm³/mol. The minimum atomic E-state index is -3.54. The quantitative estimate of drug-likeness (QED) is 0.865. The first-order valence-electron chi connectivity index (χ1n) is 7.52. The lowest BCUT2D eigenvalue weighted by Crippen LogP contribution is -2.40. The average molecular weight is 326 g/mol. The highest BCUT2D eigenvalue weighted by Gasteiger charge is 2.26. The number of benzene rings is 1. The van der Waals surface area contributed by atoms with Gasteiger partial charge < -0.3 is 10.1 Å². The highest BCUT2D eigenvalue weighted by atomic mass is 32.2. The summed E-state index contributed by atoms with van der Waals surface area (Å²) < 4.78 is 31.7. The molecule has 0 radical (unpaired) electrons. The Morgan fingerprint density at radius 2 is 2.05 bits per heavy atom. The second-order valence-electron chi connectivity index (χ2n) is 5.20. The van der Waals surface area contributed by atoms with E-state index in [1.807, 2.05) is 6.92 Å². The maximum absolute atomic E-state index is 12.6. The van der Waals surface area contributed by atoms with Gasteiger partial charge in [0.2, 0.25) is 15.9 Å². The van der Waals surface area contributed by atoms with E-state index in [4.69, 9.17) is 4.74 Å². The van der Waals surface area contributed by atoms with Crippen LogP contribution < -0.4 is 5.32 Å². The van der Waals surface area contributed by atoms with Crippen LogP contribution in [0, 0.1) is 0 Å². The Labute approximate surface area is 131 Å². The van der Waals surface area contributed by atoms with E-state index in [0.717, 1.165) is 12.8 Å². The first-order valence-corrected chi connectivity index (χ1v) is 8.96. The van der Waals surface area contributed by atoms with Crippen LogP contribution in [0.4, 0.5) is 5.69 Å². The Balaban J connectivity index is 2.11. The van der Waals surface area contributed by atoms with Crippen LogP contribution in [-0.4, -0.2) is 44.9 Å². The third-order valence-electron chi connectivity index (χ3n) is 3.48. The number of amides is 1. The smallest absolute Gasteiger partial charge is 0.243 e. The van der Waals surface area contributed by atoms with Gasteiger partial charge in [-0.1, -0.05) is 19.4 Å². The molecule has 1 saturated heterocycles. The molecule has 1 aromatic rings. The molecule has 0 atom stereocenters. The Morgan fingerprint density at radius 3 is 2.73 bits per heavy atom. The zero-order chi connectivity index (χ0) is 16.0. The molecule has 0 aliphatic carbocycles. The number of unbranched alkanes of at least 4 members (excludes halogenated alkanes) is 1. The van der Waals surface area contributed by atoms with Gasteiger partial charge >= 0.3 is 0 Å². The summed E-state index contributed by atoms with van der Waals surface area (Å²) in [7, 11) is -3.54. The fourth-order valence-electron chi connectivity index (χ4n) is 2.23. The van der Waals surface area contributed by atoms with Crippen LogP contribution in [0.25, 0.3) is 0 Å². The largest absolute Gasteiger partial charge is 0.379 e. The van der Waals surface area contributed by atoms with Gasteiger partial charge in [-0.15, -0.1) is 0 Å². The van der Waals surface area contributed by atoms with Crippen molar-refractivity contribution in [3.63, 3.8) is 0 Å². The lowest BCUT2D eigenvalue weighted by atomic mass is 10.2. The van der Waals surface area contributed by atoms with Gasteiger partial charge in [0.25, 0.3) is 0 Å². The van der Waals surface area contributed by atoms with Gasteiger partial charge in [0.05, 0.1) is 18.1 Å². The molecule has 1 amide bonds. The van der Waals surface area contributed by atoms with Crippen molar-refractivity contribution in [2.45, 2.75) is 31.1 Å². The molecule has 122 valence electrons. The van der Waals surface area contributed by atoms with Crippen molar-refractivity contribution in [2.24, 2.45) is 0 Å². The maximum Gasteiger partial charge on any atom is 0.243 e. The number of nitrogens with zero attached hydrogens (tertiary/aromatic N) is 1. The number of nitrogens with one attached hydrogen (secondary N) is 1. The van der Waals surface area contributed by atoms with E-state index in [0.29, 0.717) is 38.4 Å². The molecular weight excluding hydrogens is 304 g/mol. The van der Waals surface area contributed by atoms with E-state index >= 15 is 0 Å². The van der Waals surface area contributed by atoms with Gasteiger partial charge in [-0.05, 0) is 24.6 Å². The minimum absolute atomic E-state index is 0.0947. The molecular formula is C15H22N2O4S. The maximum atomic E-state index is 12.6. The zero-order valence-corrected chi connectivity index (χ0v) is 13.6. The van der Waals surface area contributed by atoms with Crippen molar-refractivity contribution in [3.8, 4) is 0 Å². The van der Waals surface area contributed by atoms with Crippen LogP contribution in [0.2, 0.25) is 0 Å². The van der Waals surface area contributed by atoms with Crippen molar-refractivity contribution in [1.82, 2.24) is 4.31 Å². The van der Waals surface area contributed by atoms with Crippen molar-refractivity contribution in [3.05, 3.63) is 24.3 Å². The molecule has 2 rings (SSSR count). The number of sulfonamides is 1. The summed E-state index contributed by atoms with van der Waals surface area (Å²) in [5, 5.41) is 2.75. The molecule has 1 aliphatic rings. The van der Waals surface area contributed by atoms with Gasteiger partial charge in [0.15, 0.2) is 0 Å². The second kappa shape index (κ2) is 7.71. The van der Waals surface area contributed by atoms with Crippen molar-refractivity contribution in [1.29, 1.82) is 0 Å². The molecule has 22 heavy (non-hydrogen) atoms. The fourth-order valence-corrected chi connectivity index (χ4v) is 3.69. The summed E-state index contributed by atoms with van der Waals surface area (Å²) in [4.78, 5) is 11.9. The molecule has 1 fully saturated rings. The normalized spacial score (nSPS) is 16.4. The van der Waals surface area contributed by atoms with Crippen molar-refractivity contribution in [2.75, 3.05) is 31.6 Å². The number of carbonyl (C=O) groups is 1. The van der Waals surface area contributed by atoms with Crippen LogP contribution in [0.3, 0.4) is 0 Å². The number of carbonyl (C=O) groups excluding carboxylic acids is 1. The van der Waals surface area contributed by atoms with Gasteiger partial charge in [0, 0.05) is 25.2 Å². The highest BCUT2D eigenvalue weighted by molar-refractivity contribution is 7.89. The summed E-state index contributed by atoms with van der Waals surface area (Å²) in [6.07, 6.45) is 2.20. The van der Waals surface area contributed by atoms with Gasteiger partial charge in [0.1, 0.15) is 0 Å². The molecule has 0 bridgehead atoms. The van der Waals surface area contributed by atoms with E-state index < -0.39 is 10.0 Å². The average Bonchev–Trinajstić information content (AvgIpc) is 2.54. The van der Waals surface area contributed by atoms with Crippen LogP contribution >= 0.6 is 0 Å². The van der Waals surface area contributed by atoms with Crippen LogP contribution in [0.5, 0.6) is 0 Å². The van der Waals surface area contributed by atoms with Crippen LogP contribution in [0.1, 0.15) is 26.2 Å². The van der Waals surface area contributed by atoms with Gasteiger partial charge in [-0.25, -0.2) is 8.42 Å². The standard InChI is InChI=1S/C15H22N2O4S/c1-2-3-7-15(18)16-13-5-4-6-14(12-13)22(19,20)17-8-10-21-11-9-17/h4-6,12H,2-3,7-11H2,1H3,(H,16,18). The third-order valence-corrected chi connectivity index (χ3v) is 5.38. The molecule has 1 aromatic carbocycles. The number of hydrogen-bond donors (Lipinski definition) is 1. The molecule has 7 heteroatoms. The lowest BCUT2D eigenvalue weighted by molar-refractivity contribution is -0.116. The van der Waals surface area contributed by atoms with E-state index in [1.54, 1.807) is 18.2 Å². The Bertz CT molecular complexity index is 610. The number of hydrogen-bond acceptors (Lipinski definition) is 4. The predicted octanol–water partition coefficient (Wildman–Crippen LogP) is 1.84. The van der Waals surface area contributed by atoms with Gasteiger partial charge in [-0.2, -0.15) is 4.31 Å². The second-order valence-corrected chi connectivity index (χ2v) is 7.13. The molecule has 6 nitrogen and oxygen atoms in total. The number of rotatable bonds is 6. The van der Waals surface area contributed by atoms with E-state index in [9.17, 15) is 13.2 Å². The topological polar surface area (TPSA) is 75.7 Å². The van der Waals surface area contributed by atoms with Crippen molar-refractivity contribution < 1.29 is 17.9 Å². The zero-order valence-electron chi connectivity index (χ0n) is 12.7. The number of anilines is 1. The molecule has 0 saturated carbocycles. The molecule has 0 spiro atoms. The summed E-state index contributed by atoms with van der Waals surface area (Å²) >= 11 is 0. The molecule has 0 unspecified atom stereocenters. The summed E-state index contributed by atoms with van der Waals surface area (Å²) in [6, 6.07) is 6.39. The Morgan fingerprint density at radius 1 is 1.32 bits per heavy atom. The monoisotopic (exact) mass is 326 g/mol. The highest BCUT2D eigenvalue weighted by Crippen LogP contribution is 2.20. The van der Waals surface area contributed by atoms with Crippen LogP contribution in [0.15, 0.2) is 29.2 Å². The van der Waals surface area contributed by atoms with E-state index in [-0.39, 0.29) is 10.8 Å². The first kappa shape index (κ1) is 16.9. The molecule has 1 aliphatic heterocycles. The number of morpholine rings is 1. The van der Waals surface area contributed by atoms with E-state index in [1.165, 1.54) is 10.4 Å². The van der Waals surface area contributed by atoms with Gasteiger partial charge in [-0.3, -0.25) is 4.79 Å².